The number of allylic oxidation sites excluding steroid dienone is 1. The zero-order valence-electron chi connectivity index (χ0n) is 15.2. The third-order valence-electron chi connectivity index (χ3n) is 4.64. The molecule has 3 heterocycles. The standard InChI is InChI=1S/C18H20N4OS4/c1-4-7-22-16(23)14-11-6-5-10(2)8-12(11)26-15(14)19-17(22)25-9-13-20-21-18(24-3)27-13/h4,10H,1,5-9H2,2-3H3. The van der Waals surface area contributed by atoms with Gasteiger partial charge in [0.05, 0.1) is 11.1 Å². The number of thiophene rings is 1. The highest BCUT2D eigenvalue weighted by atomic mass is 32.2. The molecule has 0 aromatic carbocycles. The van der Waals surface area contributed by atoms with Crippen LogP contribution in [0.25, 0.3) is 10.2 Å². The lowest BCUT2D eigenvalue weighted by atomic mass is 9.89. The third-order valence-corrected chi connectivity index (χ3v) is 8.86. The molecule has 1 aliphatic carbocycles. The van der Waals surface area contributed by atoms with E-state index in [0.29, 0.717) is 18.2 Å². The average Bonchev–Trinajstić information content (AvgIpc) is 3.26. The minimum Gasteiger partial charge on any atom is -0.283 e. The minimum absolute atomic E-state index is 0.0662. The van der Waals surface area contributed by atoms with E-state index in [1.54, 1.807) is 56.8 Å². The van der Waals surface area contributed by atoms with Gasteiger partial charge in [-0.2, -0.15) is 0 Å². The lowest BCUT2D eigenvalue weighted by Crippen LogP contribution is -2.23. The molecule has 3 aromatic rings. The Morgan fingerprint density at radius 1 is 1.37 bits per heavy atom. The first kappa shape index (κ1) is 19.2. The van der Waals surface area contributed by atoms with Crippen LogP contribution in [0.3, 0.4) is 0 Å². The number of nitrogens with zero attached hydrogens (tertiary/aromatic N) is 4. The van der Waals surface area contributed by atoms with Crippen molar-refractivity contribution >= 4 is 56.4 Å². The smallest absolute Gasteiger partial charge is 0.263 e. The van der Waals surface area contributed by atoms with Gasteiger partial charge in [-0.1, -0.05) is 47.9 Å². The minimum atomic E-state index is 0.0662. The molecule has 4 rings (SSSR count). The van der Waals surface area contributed by atoms with E-state index >= 15 is 0 Å². The number of rotatable bonds is 6. The fraction of sp³-hybridized carbons (Fsp3) is 0.444. The average molecular weight is 437 g/mol. The largest absolute Gasteiger partial charge is 0.283 e. The molecule has 1 aliphatic rings. The Kier molecular flexibility index (Phi) is 5.73. The second kappa shape index (κ2) is 8.06. The monoisotopic (exact) mass is 436 g/mol. The zero-order valence-corrected chi connectivity index (χ0v) is 18.5. The maximum atomic E-state index is 13.3. The molecule has 1 unspecified atom stereocenters. The van der Waals surface area contributed by atoms with Crippen LogP contribution in [0.15, 0.2) is 26.9 Å². The van der Waals surface area contributed by atoms with Gasteiger partial charge in [0.25, 0.3) is 5.56 Å². The van der Waals surface area contributed by atoms with Crippen LogP contribution in [0.1, 0.15) is 28.8 Å². The Labute approximate surface area is 174 Å². The number of fused-ring (bicyclic) bond motifs is 3. The third kappa shape index (κ3) is 3.74. The second-order valence-electron chi connectivity index (χ2n) is 6.59. The summed E-state index contributed by atoms with van der Waals surface area (Å²) in [6.45, 7) is 6.57. The van der Waals surface area contributed by atoms with E-state index in [2.05, 4.69) is 23.7 Å². The molecule has 0 amide bonds. The van der Waals surface area contributed by atoms with Gasteiger partial charge in [-0.15, -0.1) is 28.1 Å². The lowest BCUT2D eigenvalue weighted by Gasteiger charge is -2.17. The van der Waals surface area contributed by atoms with E-state index in [4.69, 9.17) is 4.98 Å². The highest BCUT2D eigenvalue weighted by Gasteiger charge is 2.24. The Hall–Kier alpha value is -1.16. The lowest BCUT2D eigenvalue weighted by molar-refractivity contribution is 0.509. The van der Waals surface area contributed by atoms with E-state index in [9.17, 15) is 4.79 Å². The van der Waals surface area contributed by atoms with Crippen LogP contribution in [0, 0.1) is 5.92 Å². The van der Waals surface area contributed by atoms with Crippen molar-refractivity contribution in [3.8, 4) is 0 Å². The summed E-state index contributed by atoms with van der Waals surface area (Å²) >= 11 is 6.43. The number of thioether (sulfide) groups is 2. The van der Waals surface area contributed by atoms with Gasteiger partial charge in [0, 0.05) is 11.4 Å². The number of aryl methyl sites for hydroxylation is 1. The van der Waals surface area contributed by atoms with Gasteiger partial charge in [-0.3, -0.25) is 9.36 Å². The fourth-order valence-electron chi connectivity index (χ4n) is 3.31. The molecule has 0 saturated heterocycles. The topological polar surface area (TPSA) is 60.7 Å². The van der Waals surface area contributed by atoms with Gasteiger partial charge < -0.3 is 0 Å². The van der Waals surface area contributed by atoms with Crippen molar-refractivity contribution < 1.29 is 0 Å². The molecule has 0 saturated carbocycles. The predicted octanol–water partition coefficient (Wildman–Crippen LogP) is 4.63. The van der Waals surface area contributed by atoms with E-state index in [1.165, 1.54) is 10.4 Å². The van der Waals surface area contributed by atoms with Crippen LogP contribution >= 0.6 is 46.2 Å². The number of hydrogen-bond donors (Lipinski definition) is 0. The van der Waals surface area contributed by atoms with Crippen molar-refractivity contribution in [3.05, 3.63) is 38.5 Å². The van der Waals surface area contributed by atoms with Crippen LogP contribution in [0.2, 0.25) is 0 Å². The van der Waals surface area contributed by atoms with E-state index in [-0.39, 0.29) is 5.56 Å². The molecule has 9 heteroatoms. The SMILES string of the molecule is C=CCn1c(SCc2nnc(SC)s2)nc2sc3c(c2c1=O)CCC(C)C3. The molecule has 0 fully saturated rings. The molecule has 0 spiro atoms. The van der Waals surface area contributed by atoms with Gasteiger partial charge in [0.1, 0.15) is 9.84 Å². The molecule has 0 aliphatic heterocycles. The van der Waals surface area contributed by atoms with Gasteiger partial charge in [-0.05, 0) is 37.0 Å². The van der Waals surface area contributed by atoms with Crippen molar-refractivity contribution in [2.24, 2.45) is 5.92 Å². The van der Waals surface area contributed by atoms with Crippen LogP contribution < -0.4 is 5.56 Å². The predicted molar refractivity (Wildman–Crippen MR) is 117 cm³/mol. The van der Waals surface area contributed by atoms with Crippen LogP contribution in [0.4, 0.5) is 0 Å². The molecule has 1 atom stereocenters. The van der Waals surface area contributed by atoms with Crippen molar-refractivity contribution in [1.29, 1.82) is 0 Å². The molecule has 27 heavy (non-hydrogen) atoms. The number of aromatic nitrogens is 4. The maximum Gasteiger partial charge on any atom is 0.263 e. The van der Waals surface area contributed by atoms with E-state index in [1.807, 2.05) is 6.26 Å². The van der Waals surface area contributed by atoms with E-state index in [0.717, 1.165) is 44.0 Å². The van der Waals surface area contributed by atoms with Crippen molar-refractivity contribution in [2.45, 2.75) is 48.0 Å². The maximum absolute atomic E-state index is 13.3. The Morgan fingerprint density at radius 3 is 2.96 bits per heavy atom. The molecular formula is C18H20N4OS4. The summed E-state index contributed by atoms with van der Waals surface area (Å²) in [4.78, 5) is 20.4. The van der Waals surface area contributed by atoms with Gasteiger partial charge in [0.2, 0.25) is 0 Å². The van der Waals surface area contributed by atoms with Gasteiger partial charge in [-0.25, -0.2) is 4.98 Å². The summed E-state index contributed by atoms with van der Waals surface area (Å²) in [5.41, 5.74) is 1.30. The number of hydrogen-bond acceptors (Lipinski definition) is 8. The van der Waals surface area contributed by atoms with Crippen molar-refractivity contribution in [1.82, 2.24) is 19.7 Å². The molecule has 142 valence electrons. The second-order valence-corrected chi connectivity index (χ2v) is 10.7. The highest BCUT2D eigenvalue weighted by molar-refractivity contribution is 8.00. The summed E-state index contributed by atoms with van der Waals surface area (Å²) in [6.07, 6.45) is 6.94. The molecule has 0 N–H and O–H groups in total. The van der Waals surface area contributed by atoms with Crippen molar-refractivity contribution in [2.75, 3.05) is 6.26 Å². The molecular weight excluding hydrogens is 416 g/mol. The van der Waals surface area contributed by atoms with Gasteiger partial charge in [0.15, 0.2) is 9.50 Å². The van der Waals surface area contributed by atoms with Crippen LogP contribution in [0.5, 0.6) is 0 Å². The summed E-state index contributed by atoms with van der Waals surface area (Å²) < 4.78 is 2.71. The molecule has 5 nitrogen and oxygen atoms in total. The first-order valence-corrected chi connectivity index (χ1v) is 12.6. The first-order valence-electron chi connectivity index (χ1n) is 8.75. The highest BCUT2D eigenvalue weighted by Crippen LogP contribution is 2.37. The summed E-state index contributed by atoms with van der Waals surface area (Å²) in [6, 6.07) is 0. The normalized spacial score (nSPS) is 16.6. The zero-order chi connectivity index (χ0) is 19.0. The summed E-state index contributed by atoms with van der Waals surface area (Å²) in [7, 11) is 0. The molecule has 0 bridgehead atoms. The van der Waals surface area contributed by atoms with Crippen molar-refractivity contribution in [3.63, 3.8) is 0 Å². The van der Waals surface area contributed by atoms with Crippen LogP contribution in [-0.4, -0.2) is 26.0 Å². The fourth-order valence-corrected chi connectivity index (χ4v) is 7.04. The van der Waals surface area contributed by atoms with E-state index < -0.39 is 0 Å². The molecule has 0 radical (unpaired) electrons. The van der Waals surface area contributed by atoms with Gasteiger partial charge >= 0.3 is 0 Å². The first-order chi connectivity index (χ1) is 13.1. The Morgan fingerprint density at radius 2 is 2.22 bits per heavy atom. The van der Waals surface area contributed by atoms with Crippen LogP contribution in [-0.2, 0) is 25.1 Å². The quantitative estimate of drug-likeness (QED) is 0.319. The summed E-state index contributed by atoms with van der Waals surface area (Å²) in [5, 5.41) is 10.9. The Bertz CT molecular complexity index is 1050. The molecule has 3 aromatic heterocycles. The summed E-state index contributed by atoms with van der Waals surface area (Å²) in [5.74, 6) is 1.34. The Balaban J connectivity index is 1.73.